The first kappa shape index (κ1) is 12.1. The van der Waals surface area contributed by atoms with Crippen LogP contribution in [0.1, 0.15) is 43.0 Å². The summed E-state index contributed by atoms with van der Waals surface area (Å²) in [5.74, 6) is 1.74. The largest absolute Gasteiger partial charge is 0.444 e. The van der Waals surface area contributed by atoms with Crippen molar-refractivity contribution in [2.75, 3.05) is 0 Å². The Kier molecular flexibility index (Phi) is 3.80. The van der Waals surface area contributed by atoms with Gasteiger partial charge in [-0.1, -0.05) is 12.8 Å². The maximum atomic E-state index is 9.08. The van der Waals surface area contributed by atoms with Crippen LogP contribution in [0.15, 0.2) is 4.42 Å². The van der Waals surface area contributed by atoms with Crippen molar-refractivity contribution in [1.29, 1.82) is 5.26 Å². The van der Waals surface area contributed by atoms with Crippen molar-refractivity contribution in [2.45, 2.75) is 52.1 Å². The lowest BCUT2D eigenvalue weighted by molar-refractivity contribution is 0.299. The fourth-order valence-electron chi connectivity index (χ4n) is 2.36. The smallest absolute Gasteiger partial charge is 0.208 e. The van der Waals surface area contributed by atoms with E-state index >= 15 is 0 Å². The molecule has 1 heterocycles. The highest BCUT2D eigenvalue weighted by Crippen LogP contribution is 2.24. The molecule has 0 amide bonds. The summed E-state index contributed by atoms with van der Waals surface area (Å²) in [6.45, 7) is 4.49. The van der Waals surface area contributed by atoms with Gasteiger partial charge in [-0.15, -0.1) is 0 Å². The zero-order valence-corrected chi connectivity index (χ0v) is 10.5. The zero-order valence-electron chi connectivity index (χ0n) is 10.5. The first-order chi connectivity index (χ1) is 8.20. The van der Waals surface area contributed by atoms with E-state index in [1.165, 1.54) is 12.8 Å². The van der Waals surface area contributed by atoms with Gasteiger partial charge >= 0.3 is 0 Å². The average Bonchev–Trinajstić information content (AvgIpc) is 2.66. The van der Waals surface area contributed by atoms with Gasteiger partial charge in [-0.3, -0.25) is 0 Å². The zero-order chi connectivity index (χ0) is 12.3. The topological polar surface area (TPSA) is 61.9 Å². The molecule has 0 aromatic carbocycles. The molecule has 0 saturated heterocycles. The van der Waals surface area contributed by atoms with Crippen LogP contribution in [0, 0.1) is 31.1 Å². The summed E-state index contributed by atoms with van der Waals surface area (Å²) in [6.07, 6.45) is 4.47. The normalized spacial score (nSPS) is 24.5. The van der Waals surface area contributed by atoms with E-state index in [9.17, 15) is 0 Å². The lowest BCUT2D eigenvalue weighted by atomic mass is 9.85. The highest BCUT2D eigenvalue weighted by Gasteiger charge is 2.24. The van der Waals surface area contributed by atoms with E-state index in [2.05, 4.69) is 16.4 Å². The molecule has 92 valence electrons. The number of rotatable bonds is 3. The van der Waals surface area contributed by atoms with Gasteiger partial charge < -0.3 is 9.73 Å². The molecule has 1 fully saturated rings. The third kappa shape index (κ3) is 2.86. The first-order valence-electron chi connectivity index (χ1n) is 6.26. The number of hydrogen-bond donors (Lipinski definition) is 1. The van der Waals surface area contributed by atoms with E-state index in [-0.39, 0.29) is 5.92 Å². The van der Waals surface area contributed by atoms with Crippen LogP contribution in [0.3, 0.4) is 0 Å². The number of aryl methyl sites for hydroxylation is 2. The summed E-state index contributed by atoms with van der Waals surface area (Å²) in [5, 5.41) is 12.5. The fourth-order valence-corrected chi connectivity index (χ4v) is 2.36. The summed E-state index contributed by atoms with van der Waals surface area (Å²) in [6, 6.07) is 2.69. The van der Waals surface area contributed by atoms with Gasteiger partial charge in [0.2, 0.25) is 5.89 Å². The second-order valence-corrected chi connectivity index (χ2v) is 4.76. The van der Waals surface area contributed by atoms with E-state index in [1.807, 2.05) is 13.8 Å². The van der Waals surface area contributed by atoms with Crippen molar-refractivity contribution in [3.8, 4) is 6.07 Å². The minimum Gasteiger partial charge on any atom is -0.444 e. The lowest BCUT2D eigenvalue weighted by Crippen LogP contribution is -2.37. The van der Waals surface area contributed by atoms with E-state index in [0.717, 1.165) is 30.2 Å². The molecule has 0 aliphatic heterocycles. The van der Waals surface area contributed by atoms with Crippen molar-refractivity contribution in [3.63, 3.8) is 0 Å². The Labute approximate surface area is 102 Å². The minimum absolute atomic E-state index is 0.140. The summed E-state index contributed by atoms with van der Waals surface area (Å²) < 4.78 is 5.52. The Bertz CT molecular complexity index is 399. The Morgan fingerprint density at radius 2 is 2.18 bits per heavy atom. The molecule has 4 heteroatoms. The van der Waals surface area contributed by atoms with Gasteiger partial charge in [0.1, 0.15) is 5.76 Å². The first-order valence-corrected chi connectivity index (χ1v) is 6.26. The van der Waals surface area contributed by atoms with Crippen LogP contribution >= 0.6 is 0 Å². The summed E-state index contributed by atoms with van der Waals surface area (Å²) in [7, 11) is 0. The van der Waals surface area contributed by atoms with Crippen LogP contribution < -0.4 is 5.32 Å². The number of nitriles is 1. The number of oxazole rings is 1. The Morgan fingerprint density at radius 3 is 2.82 bits per heavy atom. The van der Waals surface area contributed by atoms with Gasteiger partial charge in [-0.25, -0.2) is 4.98 Å². The lowest BCUT2D eigenvalue weighted by Gasteiger charge is -2.27. The Balaban J connectivity index is 1.90. The number of hydrogen-bond acceptors (Lipinski definition) is 4. The molecule has 1 aromatic rings. The molecule has 0 bridgehead atoms. The molecule has 2 rings (SSSR count). The van der Waals surface area contributed by atoms with Crippen molar-refractivity contribution < 1.29 is 4.42 Å². The number of nitrogens with one attached hydrogen (secondary N) is 1. The van der Waals surface area contributed by atoms with Gasteiger partial charge in [-0.05, 0) is 26.7 Å². The molecule has 2 unspecified atom stereocenters. The second-order valence-electron chi connectivity index (χ2n) is 4.76. The fraction of sp³-hybridized carbons (Fsp3) is 0.692. The minimum atomic E-state index is 0.140. The molecule has 0 spiro atoms. The van der Waals surface area contributed by atoms with E-state index in [1.54, 1.807) is 0 Å². The SMILES string of the molecule is Cc1nc(CNC2CCCCC2C#N)oc1C. The highest BCUT2D eigenvalue weighted by atomic mass is 16.4. The predicted molar refractivity (Wildman–Crippen MR) is 64.2 cm³/mol. The third-order valence-electron chi connectivity index (χ3n) is 3.52. The Hall–Kier alpha value is -1.34. The summed E-state index contributed by atoms with van der Waals surface area (Å²) in [4.78, 5) is 4.33. The molecule has 17 heavy (non-hydrogen) atoms. The van der Waals surface area contributed by atoms with Crippen LogP contribution in [0.4, 0.5) is 0 Å². The highest BCUT2D eigenvalue weighted by molar-refractivity contribution is 5.05. The molecule has 1 aliphatic carbocycles. The van der Waals surface area contributed by atoms with Gasteiger partial charge in [0, 0.05) is 6.04 Å². The van der Waals surface area contributed by atoms with Crippen LogP contribution in [0.5, 0.6) is 0 Å². The van der Waals surface area contributed by atoms with Gasteiger partial charge in [0.05, 0.1) is 24.2 Å². The average molecular weight is 233 g/mol. The van der Waals surface area contributed by atoms with E-state index in [4.69, 9.17) is 9.68 Å². The van der Waals surface area contributed by atoms with Crippen LogP contribution in [-0.4, -0.2) is 11.0 Å². The molecular weight excluding hydrogens is 214 g/mol. The molecular formula is C13H19N3O. The second kappa shape index (κ2) is 5.33. The molecule has 0 radical (unpaired) electrons. The van der Waals surface area contributed by atoms with E-state index in [0.29, 0.717) is 12.6 Å². The Morgan fingerprint density at radius 1 is 1.41 bits per heavy atom. The molecule has 1 saturated carbocycles. The van der Waals surface area contributed by atoms with Crippen LogP contribution in [0.25, 0.3) is 0 Å². The number of aromatic nitrogens is 1. The van der Waals surface area contributed by atoms with Gasteiger partial charge in [-0.2, -0.15) is 5.26 Å². The maximum absolute atomic E-state index is 9.08. The number of nitrogens with zero attached hydrogens (tertiary/aromatic N) is 2. The molecule has 1 aromatic heterocycles. The monoisotopic (exact) mass is 233 g/mol. The molecule has 1 N–H and O–H groups in total. The molecule has 2 atom stereocenters. The van der Waals surface area contributed by atoms with Crippen LogP contribution in [-0.2, 0) is 6.54 Å². The van der Waals surface area contributed by atoms with Crippen LogP contribution in [0.2, 0.25) is 0 Å². The third-order valence-corrected chi connectivity index (χ3v) is 3.52. The van der Waals surface area contributed by atoms with Gasteiger partial charge in [0.15, 0.2) is 0 Å². The van der Waals surface area contributed by atoms with Crippen molar-refractivity contribution >= 4 is 0 Å². The standard InChI is InChI=1S/C13H19N3O/c1-9-10(2)17-13(16-9)8-15-12-6-4-3-5-11(12)7-14/h11-12,15H,3-6,8H2,1-2H3. The summed E-state index contributed by atoms with van der Waals surface area (Å²) in [5.41, 5.74) is 0.947. The molecule has 1 aliphatic rings. The molecule has 4 nitrogen and oxygen atoms in total. The maximum Gasteiger partial charge on any atom is 0.208 e. The predicted octanol–water partition coefficient (Wildman–Crippen LogP) is 2.46. The van der Waals surface area contributed by atoms with Crippen molar-refractivity contribution in [1.82, 2.24) is 10.3 Å². The van der Waals surface area contributed by atoms with Crippen molar-refractivity contribution in [3.05, 3.63) is 17.3 Å². The van der Waals surface area contributed by atoms with Gasteiger partial charge in [0.25, 0.3) is 0 Å². The van der Waals surface area contributed by atoms with Crippen molar-refractivity contribution in [2.24, 2.45) is 5.92 Å². The quantitative estimate of drug-likeness (QED) is 0.871. The summed E-state index contributed by atoms with van der Waals surface area (Å²) >= 11 is 0. The van der Waals surface area contributed by atoms with E-state index < -0.39 is 0 Å².